The molecule has 9 heteroatoms. The molecule has 0 atom stereocenters. The Hall–Kier alpha value is -2.94. The number of carbonyl (C=O) groups is 2. The molecule has 1 aliphatic heterocycles. The third kappa shape index (κ3) is 6.06. The van der Waals surface area contributed by atoms with Gasteiger partial charge in [0.15, 0.2) is 0 Å². The van der Waals surface area contributed by atoms with Crippen molar-refractivity contribution in [3.05, 3.63) is 40.4 Å². The van der Waals surface area contributed by atoms with Crippen LogP contribution in [0.1, 0.15) is 39.4 Å². The molecule has 0 bridgehead atoms. The number of amides is 2. The summed E-state index contributed by atoms with van der Waals surface area (Å²) in [5, 5.41) is 0.514. The first kappa shape index (κ1) is 23.7. The summed E-state index contributed by atoms with van der Waals surface area (Å²) in [6, 6.07) is 7.11. The van der Waals surface area contributed by atoms with Crippen molar-refractivity contribution in [2.24, 2.45) is 5.92 Å². The molecular formula is C23H32N4O5. The number of carbonyl (C=O) groups excluding carboxylic acids is 2. The number of rotatable bonds is 6. The maximum atomic E-state index is 13.3. The average molecular weight is 445 g/mol. The van der Waals surface area contributed by atoms with E-state index in [9.17, 15) is 14.4 Å². The lowest BCUT2D eigenvalue weighted by molar-refractivity contribution is -0.138. The van der Waals surface area contributed by atoms with Crippen LogP contribution >= 0.6 is 0 Å². The monoisotopic (exact) mass is 444 g/mol. The van der Waals surface area contributed by atoms with Crippen LogP contribution in [0.2, 0.25) is 0 Å². The van der Waals surface area contributed by atoms with Gasteiger partial charge in [0.1, 0.15) is 11.4 Å². The Labute approximate surface area is 187 Å². The lowest BCUT2D eigenvalue weighted by atomic mass is 9.95. The number of nitrogens with zero attached hydrogens (tertiary/aromatic N) is 3. The summed E-state index contributed by atoms with van der Waals surface area (Å²) in [6.45, 7) is 7.38. The first-order valence-electron chi connectivity index (χ1n) is 10.9. The van der Waals surface area contributed by atoms with E-state index in [1.54, 1.807) is 35.1 Å². The van der Waals surface area contributed by atoms with Crippen molar-refractivity contribution >= 4 is 22.9 Å². The highest BCUT2D eigenvalue weighted by atomic mass is 16.6. The number of aromatic nitrogens is 2. The predicted octanol–water partition coefficient (Wildman–Crippen LogP) is 2.55. The van der Waals surface area contributed by atoms with Crippen LogP contribution in [0.4, 0.5) is 4.79 Å². The summed E-state index contributed by atoms with van der Waals surface area (Å²) < 4.78 is 10.6. The first-order valence-corrected chi connectivity index (χ1v) is 10.9. The zero-order valence-electron chi connectivity index (χ0n) is 19.2. The van der Waals surface area contributed by atoms with Crippen molar-refractivity contribution in [2.75, 3.05) is 33.4 Å². The van der Waals surface area contributed by atoms with Crippen LogP contribution in [0.25, 0.3) is 10.9 Å². The van der Waals surface area contributed by atoms with Gasteiger partial charge in [0.2, 0.25) is 5.91 Å². The number of likely N-dealkylation sites (tertiary alicyclic amines) is 1. The number of fused-ring (bicyclic) bond motifs is 1. The van der Waals surface area contributed by atoms with Gasteiger partial charge in [0.25, 0.3) is 5.56 Å². The maximum Gasteiger partial charge on any atom is 0.410 e. The van der Waals surface area contributed by atoms with Gasteiger partial charge < -0.3 is 24.3 Å². The van der Waals surface area contributed by atoms with E-state index in [1.807, 2.05) is 26.8 Å². The number of nitrogens with one attached hydrogen (secondary N) is 1. The maximum absolute atomic E-state index is 13.3. The molecule has 1 N–H and O–H groups in total. The van der Waals surface area contributed by atoms with E-state index in [2.05, 4.69) is 9.97 Å². The predicted molar refractivity (Wildman–Crippen MR) is 120 cm³/mol. The van der Waals surface area contributed by atoms with Crippen LogP contribution in [0.15, 0.2) is 29.1 Å². The quantitative estimate of drug-likeness (QED) is 0.734. The molecule has 0 saturated carbocycles. The molecule has 1 aromatic carbocycles. The zero-order chi connectivity index (χ0) is 23.3. The number of methoxy groups -OCH3 is 1. The fourth-order valence-electron chi connectivity index (χ4n) is 3.75. The van der Waals surface area contributed by atoms with Crippen molar-refractivity contribution in [3.63, 3.8) is 0 Å². The highest BCUT2D eigenvalue weighted by Gasteiger charge is 2.32. The highest BCUT2D eigenvalue weighted by molar-refractivity contribution is 5.80. The molecule has 1 aromatic heterocycles. The number of ether oxygens (including phenoxy) is 2. The second-order valence-corrected chi connectivity index (χ2v) is 9.02. The molecule has 1 aliphatic rings. The molecule has 0 aliphatic carbocycles. The van der Waals surface area contributed by atoms with Crippen LogP contribution < -0.4 is 5.56 Å². The summed E-state index contributed by atoms with van der Waals surface area (Å²) >= 11 is 0. The Morgan fingerprint density at radius 3 is 2.56 bits per heavy atom. The van der Waals surface area contributed by atoms with Gasteiger partial charge in [-0.25, -0.2) is 9.78 Å². The number of piperidine rings is 1. The standard InChI is InChI=1S/C23H32N4O5/c1-23(2,3)32-22(30)26-11-9-16(10-12-26)21(29)27(13-14-31-4)15-19-24-18-8-6-5-7-17(18)20(28)25-19/h5-8,16H,9-15H2,1-4H3,(H,24,25,28). The van der Waals surface area contributed by atoms with E-state index in [0.29, 0.717) is 55.8 Å². The van der Waals surface area contributed by atoms with Gasteiger partial charge >= 0.3 is 6.09 Å². The first-order chi connectivity index (χ1) is 15.2. The topological polar surface area (TPSA) is 105 Å². The van der Waals surface area contributed by atoms with Gasteiger partial charge in [-0.1, -0.05) is 12.1 Å². The van der Waals surface area contributed by atoms with Gasteiger partial charge in [-0.05, 0) is 45.7 Å². The average Bonchev–Trinajstić information content (AvgIpc) is 2.75. The molecular weight excluding hydrogens is 412 g/mol. The summed E-state index contributed by atoms with van der Waals surface area (Å²) in [5.41, 5.74) is -0.184. The Kier molecular flexibility index (Phi) is 7.50. The molecule has 3 rings (SSSR count). The molecule has 2 heterocycles. The minimum absolute atomic E-state index is 0.0262. The molecule has 0 spiro atoms. The van der Waals surface area contributed by atoms with Crippen molar-refractivity contribution in [3.8, 4) is 0 Å². The molecule has 0 unspecified atom stereocenters. The molecule has 2 amide bonds. The van der Waals surface area contributed by atoms with Gasteiger partial charge in [-0.15, -0.1) is 0 Å². The van der Waals surface area contributed by atoms with Crippen LogP contribution in [0.5, 0.6) is 0 Å². The van der Waals surface area contributed by atoms with E-state index in [4.69, 9.17) is 9.47 Å². The second-order valence-electron chi connectivity index (χ2n) is 9.02. The Balaban J connectivity index is 1.68. The van der Waals surface area contributed by atoms with Crippen LogP contribution in [-0.4, -0.2) is 70.7 Å². The van der Waals surface area contributed by atoms with E-state index in [-0.39, 0.29) is 30.0 Å². The van der Waals surface area contributed by atoms with Crippen molar-refractivity contribution in [1.82, 2.24) is 19.8 Å². The van der Waals surface area contributed by atoms with Gasteiger partial charge in [-0.3, -0.25) is 9.59 Å². The molecule has 2 aromatic rings. The van der Waals surface area contributed by atoms with Crippen molar-refractivity contribution < 1.29 is 19.1 Å². The number of benzene rings is 1. The smallest absolute Gasteiger partial charge is 0.410 e. The highest BCUT2D eigenvalue weighted by Crippen LogP contribution is 2.22. The number of para-hydroxylation sites is 1. The Bertz CT molecular complexity index is 1010. The second kappa shape index (κ2) is 10.1. The fourth-order valence-corrected chi connectivity index (χ4v) is 3.75. The van der Waals surface area contributed by atoms with Crippen molar-refractivity contribution in [1.29, 1.82) is 0 Å². The van der Waals surface area contributed by atoms with E-state index < -0.39 is 5.60 Å². The number of aromatic amines is 1. The van der Waals surface area contributed by atoms with Gasteiger partial charge in [-0.2, -0.15) is 0 Å². The van der Waals surface area contributed by atoms with Crippen molar-refractivity contribution in [2.45, 2.75) is 45.8 Å². The minimum Gasteiger partial charge on any atom is -0.444 e. The molecule has 1 saturated heterocycles. The molecule has 9 nitrogen and oxygen atoms in total. The van der Waals surface area contributed by atoms with E-state index >= 15 is 0 Å². The number of H-pyrrole nitrogens is 1. The summed E-state index contributed by atoms with van der Waals surface area (Å²) in [7, 11) is 1.58. The zero-order valence-corrected chi connectivity index (χ0v) is 19.2. The Morgan fingerprint density at radius 2 is 1.91 bits per heavy atom. The van der Waals surface area contributed by atoms with Gasteiger partial charge in [0, 0.05) is 32.7 Å². The molecule has 1 fully saturated rings. The third-order valence-electron chi connectivity index (χ3n) is 5.38. The van der Waals surface area contributed by atoms with Crippen LogP contribution in [0.3, 0.4) is 0 Å². The largest absolute Gasteiger partial charge is 0.444 e. The normalized spacial score (nSPS) is 15.1. The van der Waals surface area contributed by atoms with E-state index in [1.165, 1.54) is 0 Å². The molecule has 0 radical (unpaired) electrons. The third-order valence-corrected chi connectivity index (χ3v) is 5.38. The van der Waals surface area contributed by atoms with E-state index in [0.717, 1.165) is 0 Å². The Morgan fingerprint density at radius 1 is 1.22 bits per heavy atom. The van der Waals surface area contributed by atoms with Gasteiger partial charge in [0.05, 0.1) is 24.1 Å². The summed E-state index contributed by atoms with van der Waals surface area (Å²) in [5.74, 6) is 0.198. The van der Waals surface area contributed by atoms with Crippen LogP contribution in [0, 0.1) is 5.92 Å². The number of hydrogen-bond acceptors (Lipinski definition) is 6. The summed E-state index contributed by atoms with van der Waals surface area (Å²) in [4.78, 5) is 48.6. The molecule has 32 heavy (non-hydrogen) atoms. The van der Waals surface area contributed by atoms with Crippen LogP contribution in [-0.2, 0) is 20.8 Å². The lowest BCUT2D eigenvalue weighted by Gasteiger charge is -2.35. The minimum atomic E-state index is -0.551. The SMILES string of the molecule is COCCN(Cc1nc2ccccc2c(=O)[nH]1)C(=O)C1CCN(C(=O)OC(C)(C)C)CC1. The summed E-state index contributed by atoms with van der Waals surface area (Å²) in [6.07, 6.45) is 0.768. The number of hydrogen-bond donors (Lipinski definition) is 1. The molecule has 174 valence electrons. The fraction of sp³-hybridized carbons (Fsp3) is 0.565. The lowest BCUT2D eigenvalue weighted by Crippen LogP contribution is -2.46.